The zero-order valence-corrected chi connectivity index (χ0v) is 11.8. The quantitative estimate of drug-likeness (QED) is 0.752. The molecule has 4 nitrogen and oxygen atoms in total. The Morgan fingerprint density at radius 1 is 1.30 bits per heavy atom. The number of alkyl halides is 1. The Kier molecular flexibility index (Phi) is 4.47. The standard InChI is InChI=1S/C15H19FO4/c1-18-13-8-11(9-14(17)19-2)4-5-12(13)20-10-15(16)6-3-7-15/h4-5,8H,3,6-7,9-10H2,1-2H3. The van der Waals surface area contributed by atoms with E-state index in [2.05, 4.69) is 4.74 Å². The normalized spacial score (nSPS) is 16.1. The molecule has 0 unspecified atom stereocenters. The molecule has 0 saturated heterocycles. The number of carbonyl (C=O) groups excluding carboxylic acids is 1. The molecule has 1 saturated carbocycles. The summed E-state index contributed by atoms with van der Waals surface area (Å²) in [7, 11) is 2.86. The zero-order valence-electron chi connectivity index (χ0n) is 11.8. The lowest BCUT2D eigenvalue weighted by Gasteiger charge is -2.33. The monoisotopic (exact) mass is 282 g/mol. The van der Waals surface area contributed by atoms with Gasteiger partial charge < -0.3 is 14.2 Å². The lowest BCUT2D eigenvalue weighted by atomic mass is 9.83. The van der Waals surface area contributed by atoms with Gasteiger partial charge in [-0.15, -0.1) is 0 Å². The van der Waals surface area contributed by atoms with Crippen molar-refractivity contribution in [2.45, 2.75) is 31.4 Å². The number of ether oxygens (including phenoxy) is 3. The van der Waals surface area contributed by atoms with Crippen LogP contribution in [0.25, 0.3) is 0 Å². The Bertz CT molecular complexity index is 483. The van der Waals surface area contributed by atoms with Gasteiger partial charge in [0.2, 0.25) is 0 Å². The second-order valence-electron chi connectivity index (χ2n) is 5.03. The molecule has 1 aromatic carbocycles. The molecule has 1 aliphatic carbocycles. The van der Waals surface area contributed by atoms with Crippen molar-refractivity contribution in [3.05, 3.63) is 23.8 Å². The fourth-order valence-electron chi connectivity index (χ4n) is 2.09. The van der Waals surface area contributed by atoms with Crippen LogP contribution in [0.1, 0.15) is 24.8 Å². The van der Waals surface area contributed by atoms with E-state index in [1.54, 1.807) is 18.2 Å². The minimum Gasteiger partial charge on any atom is -0.493 e. The summed E-state index contributed by atoms with van der Waals surface area (Å²) in [5, 5.41) is 0. The smallest absolute Gasteiger partial charge is 0.309 e. The second-order valence-corrected chi connectivity index (χ2v) is 5.03. The van der Waals surface area contributed by atoms with Crippen LogP contribution in [0.5, 0.6) is 11.5 Å². The van der Waals surface area contributed by atoms with Crippen LogP contribution in [-0.2, 0) is 16.0 Å². The van der Waals surface area contributed by atoms with Gasteiger partial charge in [-0.2, -0.15) is 0 Å². The SMILES string of the molecule is COC(=O)Cc1ccc(OCC2(F)CCC2)c(OC)c1. The van der Waals surface area contributed by atoms with Crippen molar-refractivity contribution in [3.63, 3.8) is 0 Å². The number of carbonyl (C=O) groups is 1. The van der Waals surface area contributed by atoms with Gasteiger partial charge in [0.05, 0.1) is 20.6 Å². The van der Waals surface area contributed by atoms with Gasteiger partial charge in [0.25, 0.3) is 0 Å². The number of esters is 1. The van der Waals surface area contributed by atoms with Gasteiger partial charge in [0, 0.05) is 0 Å². The fraction of sp³-hybridized carbons (Fsp3) is 0.533. The van der Waals surface area contributed by atoms with E-state index in [4.69, 9.17) is 9.47 Å². The van der Waals surface area contributed by atoms with E-state index in [1.165, 1.54) is 14.2 Å². The van der Waals surface area contributed by atoms with Gasteiger partial charge in [0.15, 0.2) is 11.5 Å². The van der Waals surface area contributed by atoms with Crippen LogP contribution in [-0.4, -0.2) is 32.5 Å². The minimum absolute atomic E-state index is 0.0414. The van der Waals surface area contributed by atoms with E-state index in [0.717, 1.165) is 12.0 Å². The first-order chi connectivity index (χ1) is 9.56. The van der Waals surface area contributed by atoms with Crippen LogP contribution in [0.3, 0.4) is 0 Å². The molecular formula is C15H19FO4. The molecule has 0 atom stereocenters. The van der Waals surface area contributed by atoms with Crippen LogP contribution in [0.4, 0.5) is 4.39 Å². The molecule has 2 rings (SSSR count). The molecule has 20 heavy (non-hydrogen) atoms. The van der Waals surface area contributed by atoms with Gasteiger partial charge in [-0.25, -0.2) is 4.39 Å². The molecule has 0 heterocycles. The summed E-state index contributed by atoms with van der Waals surface area (Å²) in [6.07, 6.45) is 2.18. The third kappa shape index (κ3) is 3.40. The molecule has 1 aliphatic rings. The largest absolute Gasteiger partial charge is 0.493 e. The summed E-state index contributed by atoms with van der Waals surface area (Å²) >= 11 is 0. The third-order valence-electron chi connectivity index (χ3n) is 3.54. The Morgan fingerprint density at radius 3 is 2.60 bits per heavy atom. The first kappa shape index (κ1) is 14.6. The van der Waals surface area contributed by atoms with E-state index < -0.39 is 5.67 Å². The van der Waals surface area contributed by atoms with E-state index in [-0.39, 0.29) is 19.0 Å². The summed E-state index contributed by atoms with van der Waals surface area (Å²) in [6, 6.07) is 5.15. The van der Waals surface area contributed by atoms with Crippen LogP contribution in [0, 0.1) is 0 Å². The van der Waals surface area contributed by atoms with Crippen molar-refractivity contribution in [2.24, 2.45) is 0 Å². The van der Waals surface area contributed by atoms with Gasteiger partial charge in [-0.05, 0) is 37.0 Å². The summed E-state index contributed by atoms with van der Waals surface area (Å²) in [5.74, 6) is 0.664. The Balaban J connectivity index is 2.03. The highest BCUT2D eigenvalue weighted by molar-refractivity contribution is 5.72. The fourth-order valence-corrected chi connectivity index (χ4v) is 2.09. The zero-order chi connectivity index (χ0) is 14.6. The maximum Gasteiger partial charge on any atom is 0.309 e. The maximum absolute atomic E-state index is 13.9. The van der Waals surface area contributed by atoms with E-state index in [0.29, 0.717) is 24.3 Å². The lowest BCUT2D eigenvalue weighted by molar-refractivity contribution is -0.139. The van der Waals surface area contributed by atoms with Crippen molar-refractivity contribution >= 4 is 5.97 Å². The van der Waals surface area contributed by atoms with Crippen molar-refractivity contribution in [1.82, 2.24) is 0 Å². The van der Waals surface area contributed by atoms with E-state index in [1.807, 2.05) is 0 Å². The Labute approximate surface area is 117 Å². The number of methoxy groups -OCH3 is 2. The number of halogens is 1. The highest BCUT2D eigenvalue weighted by Crippen LogP contribution is 2.37. The highest BCUT2D eigenvalue weighted by atomic mass is 19.1. The maximum atomic E-state index is 13.9. The summed E-state index contributed by atoms with van der Waals surface area (Å²) < 4.78 is 29.2. The molecular weight excluding hydrogens is 263 g/mol. The van der Waals surface area contributed by atoms with Gasteiger partial charge >= 0.3 is 5.97 Å². The summed E-state index contributed by atoms with van der Waals surface area (Å²) in [5.41, 5.74) is -0.435. The van der Waals surface area contributed by atoms with Crippen molar-refractivity contribution in [3.8, 4) is 11.5 Å². The van der Waals surface area contributed by atoms with Gasteiger partial charge in [0.1, 0.15) is 12.3 Å². The second kappa shape index (κ2) is 6.11. The van der Waals surface area contributed by atoms with Crippen LogP contribution < -0.4 is 9.47 Å². The van der Waals surface area contributed by atoms with Crippen molar-refractivity contribution < 1.29 is 23.4 Å². The van der Waals surface area contributed by atoms with Crippen LogP contribution >= 0.6 is 0 Å². The predicted molar refractivity (Wildman–Crippen MR) is 71.9 cm³/mol. The minimum atomic E-state index is -1.20. The molecule has 0 amide bonds. The molecule has 1 aromatic rings. The first-order valence-corrected chi connectivity index (χ1v) is 6.62. The van der Waals surface area contributed by atoms with Crippen LogP contribution in [0.2, 0.25) is 0 Å². The predicted octanol–water partition coefficient (Wildman–Crippen LogP) is 2.68. The Morgan fingerprint density at radius 2 is 2.05 bits per heavy atom. The number of rotatable bonds is 6. The molecule has 5 heteroatoms. The molecule has 0 spiro atoms. The molecule has 0 N–H and O–H groups in total. The Hall–Kier alpha value is -1.78. The van der Waals surface area contributed by atoms with Gasteiger partial charge in [-0.3, -0.25) is 4.79 Å². The molecule has 0 radical (unpaired) electrons. The van der Waals surface area contributed by atoms with E-state index in [9.17, 15) is 9.18 Å². The first-order valence-electron chi connectivity index (χ1n) is 6.62. The molecule has 0 aromatic heterocycles. The highest BCUT2D eigenvalue weighted by Gasteiger charge is 2.38. The van der Waals surface area contributed by atoms with Gasteiger partial charge in [-0.1, -0.05) is 6.07 Å². The third-order valence-corrected chi connectivity index (χ3v) is 3.54. The summed E-state index contributed by atoms with van der Waals surface area (Å²) in [4.78, 5) is 11.2. The topological polar surface area (TPSA) is 44.8 Å². The van der Waals surface area contributed by atoms with Crippen molar-refractivity contribution in [2.75, 3.05) is 20.8 Å². The molecule has 0 aliphatic heterocycles. The lowest BCUT2D eigenvalue weighted by Crippen LogP contribution is -2.38. The van der Waals surface area contributed by atoms with Crippen LogP contribution in [0.15, 0.2) is 18.2 Å². The average Bonchev–Trinajstić information content (AvgIpc) is 2.43. The molecule has 110 valence electrons. The molecule has 0 bridgehead atoms. The average molecular weight is 282 g/mol. The number of benzene rings is 1. The van der Waals surface area contributed by atoms with Crippen molar-refractivity contribution in [1.29, 1.82) is 0 Å². The summed E-state index contributed by atoms with van der Waals surface area (Å²) in [6.45, 7) is 0.0414. The molecule has 1 fully saturated rings. The number of hydrogen-bond donors (Lipinski definition) is 0. The van der Waals surface area contributed by atoms with E-state index >= 15 is 0 Å². The number of hydrogen-bond acceptors (Lipinski definition) is 4.